The van der Waals surface area contributed by atoms with Crippen molar-refractivity contribution in [2.75, 3.05) is 5.73 Å². The Balaban J connectivity index is 0.000000581. The molecule has 17 heavy (non-hydrogen) atoms. The molecule has 0 spiro atoms. The van der Waals surface area contributed by atoms with Crippen molar-refractivity contribution in [1.82, 2.24) is 0 Å². The fraction of sp³-hybridized carbons (Fsp3) is 0.333. The first-order valence-corrected chi connectivity index (χ1v) is 6.51. The maximum Gasteiger partial charge on any atom is 0.0713 e. The molecule has 0 aliphatic rings. The summed E-state index contributed by atoms with van der Waals surface area (Å²) in [6.45, 7) is 10.0. The number of fused-ring (bicyclic) bond motifs is 1. The standard InChI is InChI=1S/C11H10ClN.2C2H6/c1-7-6-10(13)11(12)9-5-3-2-4-8(7)9;2*1-2/h2-6H,13H2,1H3;2*1-2H3. The van der Waals surface area contributed by atoms with E-state index >= 15 is 0 Å². The zero-order chi connectivity index (χ0) is 13.4. The van der Waals surface area contributed by atoms with Gasteiger partial charge in [-0.25, -0.2) is 0 Å². The van der Waals surface area contributed by atoms with Gasteiger partial charge in [0.05, 0.1) is 10.7 Å². The van der Waals surface area contributed by atoms with Crippen molar-refractivity contribution in [3.63, 3.8) is 0 Å². The summed E-state index contributed by atoms with van der Waals surface area (Å²) in [4.78, 5) is 0. The predicted octanol–water partition coefficient (Wildman–Crippen LogP) is 5.44. The molecule has 0 aliphatic heterocycles. The lowest BCUT2D eigenvalue weighted by molar-refractivity contribution is 1.50. The molecule has 2 N–H and O–H groups in total. The van der Waals surface area contributed by atoms with Crippen LogP contribution in [0.3, 0.4) is 0 Å². The highest BCUT2D eigenvalue weighted by Gasteiger charge is 2.04. The first-order chi connectivity index (χ1) is 8.20. The van der Waals surface area contributed by atoms with Gasteiger partial charge < -0.3 is 5.73 Å². The summed E-state index contributed by atoms with van der Waals surface area (Å²) < 4.78 is 0. The van der Waals surface area contributed by atoms with Crippen LogP contribution >= 0.6 is 11.6 Å². The van der Waals surface area contributed by atoms with E-state index < -0.39 is 0 Å². The van der Waals surface area contributed by atoms with Crippen molar-refractivity contribution in [1.29, 1.82) is 0 Å². The van der Waals surface area contributed by atoms with Crippen molar-refractivity contribution in [2.45, 2.75) is 34.6 Å². The summed E-state index contributed by atoms with van der Waals surface area (Å²) >= 11 is 6.07. The molecule has 2 aromatic rings. The van der Waals surface area contributed by atoms with Gasteiger partial charge in [-0.15, -0.1) is 0 Å². The highest BCUT2D eigenvalue weighted by atomic mass is 35.5. The third kappa shape index (κ3) is 3.64. The summed E-state index contributed by atoms with van der Waals surface area (Å²) in [7, 11) is 0. The maximum atomic E-state index is 6.07. The molecule has 2 heteroatoms. The van der Waals surface area contributed by atoms with Gasteiger partial charge in [0.25, 0.3) is 0 Å². The Hall–Kier alpha value is -1.21. The largest absolute Gasteiger partial charge is 0.397 e. The number of anilines is 1. The molecular weight excluding hydrogens is 230 g/mol. The van der Waals surface area contributed by atoms with Crippen LogP contribution in [0.1, 0.15) is 33.3 Å². The summed E-state index contributed by atoms with van der Waals surface area (Å²) in [6.07, 6.45) is 0. The zero-order valence-electron chi connectivity index (χ0n) is 11.3. The van der Waals surface area contributed by atoms with Crippen LogP contribution in [0.25, 0.3) is 10.8 Å². The number of benzene rings is 2. The van der Waals surface area contributed by atoms with Crippen molar-refractivity contribution in [2.24, 2.45) is 0 Å². The Kier molecular flexibility index (Phi) is 7.40. The van der Waals surface area contributed by atoms with Crippen molar-refractivity contribution >= 4 is 28.1 Å². The molecule has 1 nitrogen and oxygen atoms in total. The lowest BCUT2D eigenvalue weighted by Gasteiger charge is -2.06. The zero-order valence-corrected chi connectivity index (χ0v) is 12.1. The van der Waals surface area contributed by atoms with Gasteiger partial charge in [0.15, 0.2) is 0 Å². The van der Waals surface area contributed by atoms with Crippen LogP contribution in [0.15, 0.2) is 30.3 Å². The van der Waals surface area contributed by atoms with E-state index in [2.05, 4.69) is 6.07 Å². The number of rotatable bonds is 0. The van der Waals surface area contributed by atoms with Gasteiger partial charge in [-0.2, -0.15) is 0 Å². The molecule has 0 aliphatic carbocycles. The van der Waals surface area contributed by atoms with E-state index in [1.807, 2.05) is 58.9 Å². The molecule has 0 amide bonds. The molecule has 0 heterocycles. The number of hydrogen-bond donors (Lipinski definition) is 1. The number of nitrogens with two attached hydrogens (primary N) is 1. The Bertz CT molecular complexity index is 464. The summed E-state index contributed by atoms with van der Waals surface area (Å²) in [5.41, 5.74) is 7.57. The average molecular weight is 252 g/mol. The molecule has 0 fully saturated rings. The number of aryl methyl sites for hydroxylation is 1. The van der Waals surface area contributed by atoms with Crippen molar-refractivity contribution < 1.29 is 0 Å². The van der Waals surface area contributed by atoms with Crippen LogP contribution in [0.4, 0.5) is 5.69 Å². The van der Waals surface area contributed by atoms with Crippen LogP contribution in [0, 0.1) is 6.92 Å². The van der Waals surface area contributed by atoms with Crippen molar-refractivity contribution in [3.8, 4) is 0 Å². The molecule has 0 atom stereocenters. The molecule has 0 saturated carbocycles. The lowest BCUT2D eigenvalue weighted by Crippen LogP contribution is -1.89. The van der Waals surface area contributed by atoms with Gasteiger partial charge in [-0.05, 0) is 23.9 Å². The first-order valence-electron chi connectivity index (χ1n) is 6.13. The number of nitrogen functional groups attached to an aromatic ring is 1. The van der Waals surface area contributed by atoms with E-state index in [0.29, 0.717) is 10.7 Å². The second-order valence-corrected chi connectivity index (χ2v) is 3.52. The minimum atomic E-state index is 0.651. The maximum absolute atomic E-state index is 6.07. The van der Waals surface area contributed by atoms with Gasteiger partial charge in [0.1, 0.15) is 0 Å². The summed E-state index contributed by atoms with van der Waals surface area (Å²) in [5.74, 6) is 0. The summed E-state index contributed by atoms with van der Waals surface area (Å²) in [6, 6.07) is 9.91. The second kappa shape index (κ2) is 7.97. The van der Waals surface area contributed by atoms with Gasteiger partial charge in [-0.3, -0.25) is 0 Å². The molecule has 0 radical (unpaired) electrons. The van der Waals surface area contributed by atoms with Gasteiger partial charge >= 0.3 is 0 Å². The van der Waals surface area contributed by atoms with Gasteiger partial charge in [0, 0.05) is 5.39 Å². The first kappa shape index (κ1) is 15.8. The van der Waals surface area contributed by atoms with Crippen LogP contribution in [0.5, 0.6) is 0 Å². The normalized spacial score (nSPS) is 8.82. The third-order valence-electron chi connectivity index (χ3n) is 2.21. The predicted molar refractivity (Wildman–Crippen MR) is 80.8 cm³/mol. The Morgan fingerprint density at radius 1 is 0.941 bits per heavy atom. The third-order valence-corrected chi connectivity index (χ3v) is 2.64. The molecular formula is C15H22ClN. The fourth-order valence-electron chi connectivity index (χ4n) is 1.55. The van der Waals surface area contributed by atoms with Crippen LogP contribution in [-0.2, 0) is 0 Å². The van der Waals surface area contributed by atoms with E-state index in [1.165, 1.54) is 5.39 Å². The lowest BCUT2D eigenvalue weighted by atomic mass is 10.0. The van der Waals surface area contributed by atoms with E-state index in [-0.39, 0.29) is 0 Å². The van der Waals surface area contributed by atoms with Crippen LogP contribution in [-0.4, -0.2) is 0 Å². The molecule has 94 valence electrons. The van der Waals surface area contributed by atoms with Crippen LogP contribution in [0.2, 0.25) is 5.02 Å². The van der Waals surface area contributed by atoms with E-state index in [0.717, 1.165) is 10.9 Å². The SMILES string of the molecule is CC.CC.Cc1cc(N)c(Cl)c2ccccc12. The average Bonchev–Trinajstić information content (AvgIpc) is 2.41. The van der Waals surface area contributed by atoms with E-state index in [9.17, 15) is 0 Å². The molecule has 2 rings (SSSR count). The molecule has 0 bridgehead atoms. The molecule has 0 unspecified atom stereocenters. The van der Waals surface area contributed by atoms with Crippen molar-refractivity contribution in [3.05, 3.63) is 40.9 Å². The van der Waals surface area contributed by atoms with Gasteiger partial charge in [-0.1, -0.05) is 63.6 Å². The van der Waals surface area contributed by atoms with Gasteiger partial charge in [0.2, 0.25) is 0 Å². The second-order valence-electron chi connectivity index (χ2n) is 3.14. The smallest absolute Gasteiger partial charge is 0.0713 e. The van der Waals surface area contributed by atoms with E-state index in [1.54, 1.807) is 0 Å². The highest BCUT2D eigenvalue weighted by molar-refractivity contribution is 6.38. The topological polar surface area (TPSA) is 26.0 Å². The van der Waals surface area contributed by atoms with E-state index in [4.69, 9.17) is 17.3 Å². The Morgan fingerprint density at radius 3 is 1.94 bits per heavy atom. The highest BCUT2D eigenvalue weighted by Crippen LogP contribution is 2.31. The number of hydrogen-bond acceptors (Lipinski definition) is 1. The minimum absolute atomic E-state index is 0.651. The Morgan fingerprint density at radius 2 is 1.41 bits per heavy atom. The summed E-state index contributed by atoms with van der Waals surface area (Å²) in [5, 5.41) is 2.85. The monoisotopic (exact) mass is 251 g/mol. The molecule has 2 aromatic carbocycles. The van der Waals surface area contributed by atoms with Crippen LogP contribution < -0.4 is 5.73 Å². The minimum Gasteiger partial charge on any atom is -0.397 e. The quantitative estimate of drug-likeness (QED) is 0.620. The Labute approximate surface area is 110 Å². The molecule has 0 saturated heterocycles. The molecule has 0 aromatic heterocycles. The fourth-order valence-corrected chi connectivity index (χ4v) is 1.77. The number of halogens is 1.